The molecule has 116 valence electrons. The summed E-state index contributed by atoms with van der Waals surface area (Å²) in [6.45, 7) is 1.21. The van der Waals surface area contributed by atoms with Gasteiger partial charge in [-0.3, -0.25) is 4.68 Å². The molecule has 5 heteroatoms. The van der Waals surface area contributed by atoms with E-state index in [9.17, 15) is 4.39 Å². The molecule has 0 atom stereocenters. The largest absolute Gasteiger partial charge is 0.492 e. The van der Waals surface area contributed by atoms with E-state index in [-0.39, 0.29) is 5.82 Å². The lowest BCUT2D eigenvalue weighted by Gasteiger charge is -2.12. The lowest BCUT2D eigenvalue weighted by atomic mass is 9.97. The Morgan fingerprint density at radius 3 is 2.96 bits per heavy atom. The maximum Gasteiger partial charge on any atom is 0.161 e. The third kappa shape index (κ3) is 2.65. The number of rotatable bonds is 3. The second-order valence-corrected chi connectivity index (χ2v) is 5.71. The smallest absolute Gasteiger partial charge is 0.161 e. The Labute approximate surface area is 133 Å². The Hall–Kier alpha value is -2.82. The predicted molar refractivity (Wildman–Crippen MR) is 86.8 cm³/mol. The van der Waals surface area contributed by atoms with E-state index in [4.69, 9.17) is 10.5 Å². The van der Waals surface area contributed by atoms with Crippen molar-refractivity contribution in [2.45, 2.75) is 13.0 Å². The van der Waals surface area contributed by atoms with E-state index in [1.165, 1.54) is 18.0 Å². The molecule has 4 rings (SSSR count). The molecule has 1 aliphatic rings. The van der Waals surface area contributed by atoms with Gasteiger partial charge in [0.05, 0.1) is 25.5 Å². The molecule has 0 amide bonds. The molecule has 3 aromatic rings. The fourth-order valence-electron chi connectivity index (χ4n) is 3.00. The average molecular weight is 309 g/mol. The molecule has 0 radical (unpaired) electrons. The summed E-state index contributed by atoms with van der Waals surface area (Å²) in [6, 6.07) is 11.9. The summed E-state index contributed by atoms with van der Waals surface area (Å²) >= 11 is 0. The third-order valence-corrected chi connectivity index (χ3v) is 3.99. The van der Waals surface area contributed by atoms with Gasteiger partial charge in [0, 0.05) is 17.7 Å². The van der Waals surface area contributed by atoms with Crippen LogP contribution in [0.15, 0.2) is 48.8 Å². The van der Waals surface area contributed by atoms with E-state index in [2.05, 4.69) is 17.2 Å². The van der Waals surface area contributed by atoms with Gasteiger partial charge in [-0.1, -0.05) is 18.2 Å². The molecule has 0 aliphatic carbocycles. The Bertz CT molecular complexity index is 872. The zero-order chi connectivity index (χ0) is 15.8. The van der Waals surface area contributed by atoms with E-state index in [1.54, 1.807) is 4.68 Å². The molecule has 0 fully saturated rings. The molecule has 0 spiro atoms. The quantitative estimate of drug-likeness (QED) is 0.756. The fraction of sp³-hybridized carbons (Fsp3) is 0.167. The minimum absolute atomic E-state index is 0.328. The fourth-order valence-corrected chi connectivity index (χ4v) is 3.00. The van der Waals surface area contributed by atoms with Crippen LogP contribution < -0.4 is 10.5 Å². The predicted octanol–water partition coefficient (Wildman–Crippen LogP) is 3.25. The number of nitrogen functional groups attached to an aromatic ring is 1. The number of ether oxygens (including phenoxy) is 1. The summed E-state index contributed by atoms with van der Waals surface area (Å²) in [4.78, 5) is 0. The minimum atomic E-state index is -0.328. The second-order valence-electron chi connectivity index (χ2n) is 5.71. The highest BCUT2D eigenvalue weighted by atomic mass is 19.1. The van der Waals surface area contributed by atoms with E-state index >= 15 is 0 Å². The van der Waals surface area contributed by atoms with Crippen molar-refractivity contribution in [3.8, 4) is 16.9 Å². The number of hydrogen-bond acceptors (Lipinski definition) is 3. The summed E-state index contributed by atoms with van der Waals surface area (Å²) in [5.41, 5.74) is 10.9. The molecular formula is C18H16FN3O. The summed E-state index contributed by atoms with van der Waals surface area (Å²) in [6.07, 6.45) is 3.49. The van der Waals surface area contributed by atoms with Gasteiger partial charge in [-0.25, -0.2) is 4.39 Å². The molecule has 2 N–H and O–H groups in total. The summed E-state index contributed by atoms with van der Waals surface area (Å²) in [5.74, 6) is 0.594. The topological polar surface area (TPSA) is 53.1 Å². The highest BCUT2D eigenvalue weighted by Crippen LogP contribution is 2.38. The molecule has 1 aromatic heterocycles. The Morgan fingerprint density at radius 1 is 1.26 bits per heavy atom. The zero-order valence-electron chi connectivity index (χ0n) is 12.5. The van der Waals surface area contributed by atoms with Crippen molar-refractivity contribution >= 4 is 5.69 Å². The molecule has 0 saturated carbocycles. The maximum atomic E-state index is 13.1. The summed E-state index contributed by atoms with van der Waals surface area (Å²) in [7, 11) is 0. The van der Waals surface area contributed by atoms with Crippen LogP contribution in [0.3, 0.4) is 0 Å². The van der Waals surface area contributed by atoms with Crippen molar-refractivity contribution < 1.29 is 9.13 Å². The first-order valence-electron chi connectivity index (χ1n) is 7.51. The van der Waals surface area contributed by atoms with Crippen molar-refractivity contribution in [2.24, 2.45) is 0 Å². The number of fused-ring (bicyclic) bond motifs is 1. The molecule has 4 nitrogen and oxygen atoms in total. The van der Waals surface area contributed by atoms with Crippen LogP contribution in [0.5, 0.6) is 5.75 Å². The molecule has 23 heavy (non-hydrogen) atoms. The van der Waals surface area contributed by atoms with Crippen molar-refractivity contribution in [1.82, 2.24) is 9.78 Å². The SMILES string of the molecule is Nc1cccc(-c2cc(Cn3cc(F)cn3)cc3c2OCC3)c1. The van der Waals surface area contributed by atoms with Crippen LogP contribution in [0.25, 0.3) is 11.1 Å². The van der Waals surface area contributed by atoms with Crippen molar-refractivity contribution in [1.29, 1.82) is 0 Å². The zero-order valence-corrected chi connectivity index (χ0v) is 12.5. The first-order valence-corrected chi connectivity index (χ1v) is 7.51. The van der Waals surface area contributed by atoms with Crippen molar-refractivity contribution in [3.63, 3.8) is 0 Å². The lowest BCUT2D eigenvalue weighted by Crippen LogP contribution is -2.01. The van der Waals surface area contributed by atoms with Crippen LogP contribution in [0.1, 0.15) is 11.1 Å². The lowest BCUT2D eigenvalue weighted by molar-refractivity contribution is 0.358. The third-order valence-electron chi connectivity index (χ3n) is 3.99. The standard InChI is InChI=1S/C18H16FN3O/c19-15-9-21-22(11-15)10-12-6-14-4-5-23-18(14)17(7-12)13-2-1-3-16(20)8-13/h1-3,6-9,11H,4-5,10,20H2. The highest BCUT2D eigenvalue weighted by Gasteiger charge is 2.19. The van der Waals surface area contributed by atoms with Crippen molar-refractivity contribution in [2.75, 3.05) is 12.3 Å². The maximum absolute atomic E-state index is 13.1. The van der Waals surface area contributed by atoms with Crippen LogP contribution in [0, 0.1) is 5.82 Å². The molecule has 2 aromatic carbocycles. The summed E-state index contributed by atoms with van der Waals surface area (Å²) in [5, 5.41) is 4.01. The number of nitrogens with zero attached hydrogens (tertiary/aromatic N) is 2. The van der Waals surface area contributed by atoms with Gasteiger partial charge in [0.25, 0.3) is 0 Å². The highest BCUT2D eigenvalue weighted by molar-refractivity contribution is 5.76. The second kappa shape index (κ2) is 5.43. The monoisotopic (exact) mass is 309 g/mol. The van der Waals surface area contributed by atoms with Gasteiger partial charge in [-0.2, -0.15) is 5.10 Å². The van der Waals surface area contributed by atoms with E-state index in [0.29, 0.717) is 18.8 Å². The molecule has 2 heterocycles. The van der Waals surface area contributed by atoms with Crippen LogP contribution in [-0.2, 0) is 13.0 Å². The van der Waals surface area contributed by atoms with E-state index in [1.807, 2.05) is 24.3 Å². The van der Waals surface area contributed by atoms with Crippen LogP contribution in [0.4, 0.5) is 10.1 Å². The number of anilines is 1. The Morgan fingerprint density at radius 2 is 2.17 bits per heavy atom. The van der Waals surface area contributed by atoms with Gasteiger partial charge < -0.3 is 10.5 Å². The van der Waals surface area contributed by atoms with Crippen molar-refractivity contribution in [3.05, 3.63) is 65.7 Å². The molecule has 0 saturated heterocycles. The van der Waals surface area contributed by atoms with Gasteiger partial charge in [0.15, 0.2) is 5.82 Å². The van der Waals surface area contributed by atoms with Gasteiger partial charge in [-0.05, 0) is 34.9 Å². The molecular weight excluding hydrogens is 293 g/mol. The Balaban J connectivity index is 1.79. The first-order chi connectivity index (χ1) is 11.2. The van der Waals surface area contributed by atoms with Crippen LogP contribution in [-0.4, -0.2) is 16.4 Å². The van der Waals surface area contributed by atoms with E-state index < -0.39 is 0 Å². The summed E-state index contributed by atoms with van der Waals surface area (Å²) < 4.78 is 20.5. The molecule has 0 unspecified atom stereocenters. The minimum Gasteiger partial charge on any atom is -0.492 e. The number of nitrogens with two attached hydrogens (primary N) is 1. The number of hydrogen-bond donors (Lipinski definition) is 1. The van der Waals surface area contributed by atoms with Crippen LogP contribution in [0.2, 0.25) is 0 Å². The molecule has 0 bridgehead atoms. The van der Waals surface area contributed by atoms with Crippen LogP contribution >= 0.6 is 0 Å². The number of halogens is 1. The Kier molecular flexibility index (Phi) is 3.26. The first kappa shape index (κ1) is 13.8. The normalized spacial score (nSPS) is 12.9. The number of aromatic nitrogens is 2. The van der Waals surface area contributed by atoms with Gasteiger partial charge in [-0.15, -0.1) is 0 Å². The van der Waals surface area contributed by atoms with E-state index in [0.717, 1.165) is 28.9 Å². The molecule has 1 aliphatic heterocycles. The van der Waals surface area contributed by atoms with Gasteiger partial charge >= 0.3 is 0 Å². The average Bonchev–Trinajstić information content (AvgIpc) is 3.15. The number of benzene rings is 2. The van der Waals surface area contributed by atoms with Gasteiger partial charge in [0.2, 0.25) is 0 Å². The van der Waals surface area contributed by atoms with Gasteiger partial charge in [0.1, 0.15) is 5.75 Å².